The van der Waals surface area contributed by atoms with Gasteiger partial charge in [-0.15, -0.1) is 11.8 Å². The fourth-order valence-electron chi connectivity index (χ4n) is 2.90. The van der Waals surface area contributed by atoms with Gasteiger partial charge in [-0.2, -0.15) is 0 Å². The van der Waals surface area contributed by atoms with Crippen LogP contribution in [0, 0.1) is 0 Å². The number of fused-ring (bicyclic) bond motifs is 1. The molecule has 4 rings (SSSR count). The minimum absolute atomic E-state index is 0.130. The first-order valence-corrected chi connectivity index (χ1v) is 10.2. The summed E-state index contributed by atoms with van der Waals surface area (Å²) < 4.78 is 4.89. The van der Waals surface area contributed by atoms with Crippen molar-refractivity contribution in [3.8, 4) is 11.3 Å². The van der Waals surface area contributed by atoms with Crippen LogP contribution in [0.25, 0.3) is 22.3 Å². The Morgan fingerprint density at radius 1 is 0.966 bits per heavy atom. The number of pyridine rings is 1. The van der Waals surface area contributed by atoms with Crippen LogP contribution in [-0.4, -0.2) is 28.0 Å². The third-order valence-corrected chi connectivity index (χ3v) is 5.54. The van der Waals surface area contributed by atoms with E-state index in [9.17, 15) is 4.79 Å². The van der Waals surface area contributed by atoms with E-state index in [0.717, 1.165) is 16.0 Å². The molecule has 0 spiro atoms. The zero-order chi connectivity index (χ0) is 20.2. The van der Waals surface area contributed by atoms with Gasteiger partial charge < -0.3 is 4.74 Å². The number of esters is 1. The molecule has 7 heteroatoms. The minimum Gasteiger partial charge on any atom is -0.464 e. The minimum atomic E-state index is -0.512. The van der Waals surface area contributed by atoms with Gasteiger partial charge in [0.25, 0.3) is 0 Å². The van der Waals surface area contributed by atoms with E-state index < -0.39 is 5.97 Å². The highest BCUT2D eigenvalue weighted by Crippen LogP contribution is 2.34. The van der Waals surface area contributed by atoms with Crippen LogP contribution in [0.5, 0.6) is 0 Å². The Morgan fingerprint density at radius 2 is 1.66 bits per heavy atom. The summed E-state index contributed by atoms with van der Waals surface area (Å²) in [7, 11) is 1.33. The highest BCUT2D eigenvalue weighted by atomic mass is 35.5. The highest BCUT2D eigenvalue weighted by molar-refractivity contribution is 7.98. The Kier molecular flexibility index (Phi) is 5.74. The molecule has 0 amide bonds. The summed E-state index contributed by atoms with van der Waals surface area (Å²) in [5.74, 6) is 0.200. The quantitative estimate of drug-likeness (QED) is 0.243. The van der Waals surface area contributed by atoms with Crippen LogP contribution < -0.4 is 0 Å². The fraction of sp³-hybridized carbons (Fsp3) is 0.0909. The summed E-state index contributed by atoms with van der Waals surface area (Å²) in [5.41, 5.74) is 3.91. The van der Waals surface area contributed by atoms with Gasteiger partial charge in [-0.25, -0.2) is 19.7 Å². The van der Waals surface area contributed by atoms with Crippen molar-refractivity contribution >= 4 is 40.4 Å². The van der Waals surface area contributed by atoms with Crippen molar-refractivity contribution in [1.82, 2.24) is 15.0 Å². The van der Waals surface area contributed by atoms with Gasteiger partial charge in [0.15, 0.2) is 0 Å². The number of hydrogen-bond donors (Lipinski definition) is 0. The van der Waals surface area contributed by atoms with Gasteiger partial charge in [0.1, 0.15) is 22.4 Å². The van der Waals surface area contributed by atoms with Gasteiger partial charge in [-0.1, -0.05) is 60.7 Å². The van der Waals surface area contributed by atoms with Crippen LogP contribution >= 0.6 is 23.4 Å². The number of rotatable bonds is 5. The van der Waals surface area contributed by atoms with Gasteiger partial charge in [-0.3, -0.25) is 0 Å². The van der Waals surface area contributed by atoms with Crippen molar-refractivity contribution < 1.29 is 9.53 Å². The molecular formula is C22H16ClN3O2S. The zero-order valence-corrected chi connectivity index (χ0v) is 17.1. The summed E-state index contributed by atoms with van der Waals surface area (Å²) in [6.45, 7) is 0. The van der Waals surface area contributed by atoms with E-state index in [1.54, 1.807) is 17.8 Å². The van der Waals surface area contributed by atoms with E-state index >= 15 is 0 Å². The molecule has 0 fully saturated rings. The average Bonchev–Trinajstić information content (AvgIpc) is 2.77. The first-order chi connectivity index (χ1) is 14.2. The second-order valence-electron chi connectivity index (χ2n) is 6.18. The molecule has 2 aromatic heterocycles. The standard InChI is InChI=1S/C22H16ClN3O2S/c1-28-21(27)16-12-17(29-13-14-8-4-2-5-9-14)19-20(24-16)18(25-22(23)26-19)15-10-6-3-7-11-15/h2-12H,13H2,1H3. The summed E-state index contributed by atoms with van der Waals surface area (Å²) in [6.07, 6.45) is 0. The number of benzene rings is 2. The van der Waals surface area contributed by atoms with Crippen molar-refractivity contribution in [2.24, 2.45) is 0 Å². The lowest BCUT2D eigenvalue weighted by Crippen LogP contribution is -2.06. The Labute approximate surface area is 177 Å². The summed E-state index contributed by atoms with van der Waals surface area (Å²) >= 11 is 7.80. The molecule has 0 saturated carbocycles. The number of thioether (sulfide) groups is 1. The van der Waals surface area contributed by atoms with Crippen molar-refractivity contribution in [2.75, 3.05) is 7.11 Å². The van der Waals surface area contributed by atoms with E-state index in [4.69, 9.17) is 16.3 Å². The molecule has 0 unspecified atom stereocenters. The maximum absolute atomic E-state index is 12.2. The van der Waals surface area contributed by atoms with Crippen LogP contribution in [-0.2, 0) is 10.5 Å². The Balaban J connectivity index is 1.89. The molecule has 0 aliphatic heterocycles. The van der Waals surface area contributed by atoms with Crippen LogP contribution in [0.15, 0.2) is 71.6 Å². The molecule has 0 radical (unpaired) electrons. The van der Waals surface area contributed by atoms with Gasteiger partial charge in [-0.05, 0) is 23.2 Å². The van der Waals surface area contributed by atoms with Crippen LogP contribution in [0.3, 0.4) is 0 Å². The number of nitrogens with zero attached hydrogens (tertiary/aromatic N) is 3. The first-order valence-electron chi connectivity index (χ1n) is 8.84. The molecule has 4 aromatic rings. The number of carbonyl (C=O) groups excluding carboxylic acids is 1. The van der Waals surface area contributed by atoms with Gasteiger partial charge in [0.2, 0.25) is 5.28 Å². The van der Waals surface area contributed by atoms with Crippen LogP contribution in [0.1, 0.15) is 16.1 Å². The van der Waals surface area contributed by atoms with E-state index in [2.05, 4.69) is 27.1 Å². The Hall–Kier alpha value is -2.96. The number of halogens is 1. The molecule has 29 heavy (non-hydrogen) atoms. The molecule has 0 saturated heterocycles. The smallest absolute Gasteiger partial charge is 0.356 e. The topological polar surface area (TPSA) is 65.0 Å². The van der Waals surface area contributed by atoms with E-state index in [1.807, 2.05) is 48.5 Å². The van der Waals surface area contributed by atoms with Crippen molar-refractivity contribution in [3.63, 3.8) is 0 Å². The molecule has 2 aromatic carbocycles. The summed E-state index contributed by atoms with van der Waals surface area (Å²) in [4.78, 5) is 26.3. The molecule has 0 aliphatic rings. The van der Waals surface area contributed by atoms with E-state index in [1.165, 1.54) is 7.11 Å². The molecule has 0 N–H and O–H groups in total. The van der Waals surface area contributed by atoms with Gasteiger partial charge >= 0.3 is 5.97 Å². The van der Waals surface area contributed by atoms with E-state index in [0.29, 0.717) is 22.5 Å². The van der Waals surface area contributed by atoms with Crippen molar-refractivity contribution in [3.05, 3.63) is 83.3 Å². The maximum atomic E-state index is 12.2. The zero-order valence-electron chi connectivity index (χ0n) is 15.5. The van der Waals surface area contributed by atoms with Crippen LogP contribution in [0.2, 0.25) is 5.28 Å². The number of methoxy groups -OCH3 is 1. The predicted molar refractivity (Wildman–Crippen MR) is 115 cm³/mol. The maximum Gasteiger partial charge on any atom is 0.356 e. The average molecular weight is 422 g/mol. The third kappa shape index (κ3) is 4.23. The normalized spacial score (nSPS) is 10.8. The van der Waals surface area contributed by atoms with Crippen molar-refractivity contribution in [2.45, 2.75) is 10.6 Å². The lowest BCUT2D eigenvalue weighted by atomic mass is 10.1. The first kappa shape index (κ1) is 19.4. The van der Waals surface area contributed by atoms with E-state index in [-0.39, 0.29) is 11.0 Å². The molecule has 0 aliphatic carbocycles. The highest BCUT2D eigenvalue weighted by Gasteiger charge is 2.19. The van der Waals surface area contributed by atoms with Crippen LogP contribution in [0.4, 0.5) is 0 Å². The van der Waals surface area contributed by atoms with Gasteiger partial charge in [0.05, 0.1) is 7.11 Å². The van der Waals surface area contributed by atoms with Crippen molar-refractivity contribution in [1.29, 1.82) is 0 Å². The Morgan fingerprint density at radius 3 is 2.34 bits per heavy atom. The SMILES string of the molecule is COC(=O)c1cc(SCc2ccccc2)c2nc(Cl)nc(-c3ccccc3)c2n1. The summed E-state index contributed by atoms with van der Waals surface area (Å²) in [6, 6.07) is 21.3. The van der Waals surface area contributed by atoms with Gasteiger partial charge in [0, 0.05) is 16.2 Å². The molecular weight excluding hydrogens is 406 g/mol. The molecule has 0 atom stereocenters. The molecule has 2 heterocycles. The predicted octanol–water partition coefficient (Wildman–Crippen LogP) is 5.42. The summed E-state index contributed by atoms with van der Waals surface area (Å²) in [5, 5.41) is 0.130. The number of aromatic nitrogens is 3. The lowest BCUT2D eigenvalue weighted by Gasteiger charge is -2.11. The lowest BCUT2D eigenvalue weighted by molar-refractivity contribution is 0.0594. The number of ether oxygens (including phenoxy) is 1. The Bertz CT molecular complexity index is 1170. The fourth-order valence-corrected chi connectivity index (χ4v) is 4.06. The third-order valence-electron chi connectivity index (χ3n) is 4.27. The molecule has 0 bridgehead atoms. The largest absolute Gasteiger partial charge is 0.464 e. The monoisotopic (exact) mass is 421 g/mol. The molecule has 144 valence electrons. The number of hydrogen-bond acceptors (Lipinski definition) is 6. The second kappa shape index (κ2) is 8.59. The molecule has 5 nitrogen and oxygen atoms in total. The second-order valence-corrected chi connectivity index (χ2v) is 7.53. The number of carbonyl (C=O) groups is 1.